The Labute approximate surface area is 116 Å². The minimum Gasteiger partial charge on any atom is -0.365 e. The maximum absolute atomic E-state index is 11.8. The molecule has 1 aliphatic carbocycles. The second-order valence-electron chi connectivity index (χ2n) is 6.49. The zero-order valence-corrected chi connectivity index (χ0v) is 12.4. The molecule has 19 heavy (non-hydrogen) atoms. The third kappa shape index (κ3) is 3.98. The van der Waals surface area contributed by atoms with E-state index >= 15 is 0 Å². The summed E-state index contributed by atoms with van der Waals surface area (Å²) in [5, 5.41) is 3.01. The first-order valence-corrected chi connectivity index (χ1v) is 6.97. The topological polar surface area (TPSA) is 32.3 Å². The van der Waals surface area contributed by atoms with Gasteiger partial charge in [0.15, 0.2) is 0 Å². The van der Waals surface area contributed by atoms with Gasteiger partial charge in [0, 0.05) is 18.8 Å². The SMILES string of the molecule is CN(CC(=O)NC1CC1)c1ccc(C(C)(C)C)cc1. The van der Waals surface area contributed by atoms with Crippen LogP contribution in [0.3, 0.4) is 0 Å². The molecular weight excluding hydrogens is 236 g/mol. The lowest BCUT2D eigenvalue weighted by Gasteiger charge is -2.22. The van der Waals surface area contributed by atoms with Gasteiger partial charge in [-0.2, -0.15) is 0 Å². The van der Waals surface area contributed by atoms with E-state index in [1.807, 2.05) is 11.9 Å². The molecule has 0 radical (unpaired) electrons. The molecule has 0 atom stereocenters. The molecule has 0 spiro atoms. The molecule has 0 aromatic heterocycles. The Morgan fingerprint density at radius 2 is 1.84 bits per heavy atom. The number of rotatable bonds is 4. The van der Waals surface area contributed by atoms with E-state index in [0.29, 0.717) is 12.6 Å². The number of nitrogens with one attached hydrogen (secondary N) is 1. The summed E-state index contributed by atoms with van der Waals surface area (Å²) >= 11 is 0. The molecule has 0 unspecified atom stereocenters. The first-order valence-electron chi connectivity index (χ1n) is 6.97. The van der Waals surface area contributed by atoms with Gasteiger partial charge in [-0.25, -0.2) is 0 Å². The average Bonchev–Trinajstić information content (AvgIpc) is 3.11. The van der Waals surface area contributed by atoms with Crippen LogP contribution in [0, 0.1) is 0 Å². The highest BCUT2D eigenvalue weighted by molar-refractivity contribution is 5.81. The van der Waals surface area contributed by atoms with Crippen LogP contribution in [0.5, 0.6) is 0 Å². The lowest BCUT2D eigenvalue weighted by atomic mass is 9.87. The summed E-state index contributed by atoms with van der Waals surface area (Å²) in [5.74, 6) is 0.116. The van der Waals surface area contributed by atoms with E-state index in [9.17, 15) is 4.79 Å². The van der Waals surface area contributed by atoms with Crippen molar-refractivity contribution in [3.05, 3.63) is 29.8 Å². The van der Waals surface area contributed by atoms with E-state index in [1.165, 1.54) is 5.56 Å². The van der Waals surface area contributed by atoms with Crippen molar-refractivity contribution in [1.82, 2.24) is 5.32 Å². The Hall–Kier alpha value is -1.51. The molecule has 0 saturated heterocycles. The van der Waals surface area contributed by atoms with E-state index in [0.717, 1.165) is 18.5 Å². The summed E-state index contributed by atoms with van der Waals surface area (Å²) < 4.78 is 0. The van der Waals surface area contributed by atoms with E-state index in [1.54, 1.807) is 0 Å². The summed E-state index contributed by atoms with van der Waals surface area (Å²) in [6.45, 7) is 7.03. The van der Waals surface area contributed by atoms with Crippen LogP contribution in [0.2, 0.25) is 0 Å². The second kappa shape index (κ2) is 5.24. The van der Waals surface area contributed by atoms with E-state index in [4.69, 9.17) is 0 Å². The number of anilines is 1. The fourth-order valence-electron chi connectivity index (χ4n) is 2.02. The Kier molecular flexibility index (Phi) is 3.83. The lowest BCUT2D eigenvalue weighted by Crippen LogP contribution is -2.36. The Bertz CT molecular complexity index is 441. The molecule has 3 heteroatoms. The number of carbonyl (C=O) groups excluding carboxylic acids is 1. The van der Waals surface area contributed by atoms with Crippen LogP contribution < -0.4 is 10.2 Å². The van der Waals surface area contributed by atoms with Gasteiger partial charge in [0.05, 0.1) is 6.54 Å². The zero-order chi connectivity index (χ0) is 14.0. The lowest BCUT2D eigenvalue weighted by molar-refractivity contribution is -0.119. The molecule has 1 aromatic rings. The standard InChI is InChI=1S/C16H24N2O/c1-16(2,3)12-5-9-14(10-6-12)18(4)11-15(19)17-13-7-8-13/h5-6,9-10,13H,7-8,11H2,1-4H3,(H,17,19). The van der Waals surface area contributed by atoms with Gasteiger partial charge in [0.25, 0.3) is 0 Å². The average molecular weight is 260 g/mol. The Morgan fingerprint density at radius 3 is 2.32 bits per heavy atom. The van der Waals surface area contributed by atoms with Gasteiger partial charge in [-0.05, 0) is 36.0 Å². The van der Waals surface area contributed by atoms with Crippen molar-refractivity contribution < 1.29 is 4.79 Å². The smallest absolute Gasteiger partial charge is 0.239 e. The first kappa shape index (κ1) is 13.9. The number of amides is 1. The molecule has 1 aromatic carbocycles. The van der Waals surface area contributed by atoms with Crippen LogP contribution in [0.1, 0.15) is 39.2 Å². The molecule has 0 aliphatic heterocycles. The second-order valence-corrected chi connectivity index (χ2v) is 6.49. The number of nitrogens with zero attached hydrogens (tertiary/aromatic N) is 1. The van der Waals surface area contributed by atoms with E-state index in [2.05, 4.69) is 50.4 Å². The molecule has 104 valence electrons. The molecule has 2 rings (SSSR count). The summed E-state index contributed by atoms with van der Waals surface area (Å²) in [4.78, 5) is 13.7. The number of hydrogen-bond donors (Lipinski definition) is 1. The highest BCUT2D eigenvalue weighted by Gasteiger charge is 2.23. The van der Waals surface area contributed by atoms with Crippen molar-refractivity contribution in [1.29, 1.82) is 0 Å². The Balaban J connectivity index is 1.94. The van der Waals surface area contributed by atoms with E-state index in [-0.39, 0.29) is 11.3 Å². The normalized spacial score (nSPS) is 15.2. The summed E-state index contributed by atoms with van der Waals surface area (Å²) in [5.41, 5.74) is 2.56. The van der Waals surface area contributed by atoms with Crippen molar-refractivity contribution in [2.45, 2.75) is 45.1 Å². The molecule has 1 fully saturated rings. The molecule has 1 N–H and O–H groups in total. The van der Waals surface area contributed by atoms with Crippen molar-refractivity contribution in [2.24, 2.45) is 0 Å². The summed E-state index contributed by atoms with van der Waals surface area (Å²) in [7, 11) is 1.96. The van der Waals surface area contributed by atoms with Crippen molar-refractivity contribution in [3.8, 4) is 0 Å². The molecule has 3 nitrogen and oxygen atoms in total. The molecule has 1 saturated carbocycles. The van der Waals surface area contributed by atoms with Gasteiger partial charge in [-0.1, -0.05) is 32.9 Å². The highest BCUT2D eigenvalue weighted by Crippen LogP contribution is 2.24. The Morgan fingerprint density at radius 1 is 1.26 bits per heavy atom. The summed E-state index contributed by atoms with van der Waals surface area (Å²) in [6.07, 6.45) is 2.27. The zero-order valence-electron chi connectivity index (χ0n) is 12.4. The number of carbonyl (C=O) groups is 1. The van der Waals surface area contributed by atoms with Crippen LogP contribution in [-0.2, 0) is 10.2 Å². The minimum absolute atomic E-state index is 0.116. The quantitative estimate of drug-likeness (QED) is 0.902. The summed E-state index contributed by atoms with van der Waals surface area (Å²) in [6, 6.07) is 8.90. The van der Waals surface area contributed by atoms with Crippen molar-refractivity contribution in [2.75, 3.05) is 18.5 Å². The fraction of sp³-hybridized carbons (Fsp3) is 0.562. The van der Waals surface area contributed by atoms with Gasteiger partial charge >= 0.3 is 0 Å². The van der Waals surface area contributed by atoms with Gasteiger partial charge in [0.1, 0.15) is 0 Å². The maximum Gasteiger partial charge on any atom is 0.239 e. The third-order valence-electron chi connectivity index (χ3n) is 3.50. The highest BCUT2D eigenvalue weighted by atomic mass is 16.2. The van der Waals surface area contributed by atoms with Crippen LogP contribution in [-0.4, -0.2) is 25.5 Å². The van der Waals surface area contributed by atoms with E-state index < -0.39 is 0 Å². The molecule has 0 bridgehead atoms. The molecule has 1 amide bonds. The van der Waals surface area contributed by atoms with Gasteiger partial charge in [-0.15, -0.1) is 0 Å². The van der Waals surface area contributed by atoms with Crippen LogP contribution in [0.4, 0.5) is 5.69 Å². The molecule has 0 heterocycles. The monoisotopic (exact) mass is 260 g/mol. The third-order valence-corrected chi connectivity index (χ3v) is 3.50. The molecular formula is C16H24N2O. The van der Waals surface area contributed by atoms with Crippen LogP contribution in [0.15, 0.2) is 24.3 Å². The van der Waals surface area contributed by atoms with Gasteiger partial charge < -0.3 is 10.2 Å². The predicted molar refractivity (Wildman–Crippen MR) is 79.6 cm³/mol. The largest absolute Gasteiger partial charge is 0.365 e. The van der Waals surface area contributed by atoms with Crippen LogP contribution >= 0.6 is 0 Å². The number of benzene rings is 1. The molecule has 1 aliphatic rings. The fourth-order valence-corrected chi connectivity index (χ4v) is 2.02. The maximum atomic E-state index is 11.8. The number of hydrogen-bond acceptors (Lipinski definition) is 2. The first-order chi connectivity index (χ1) is 8.86. The number of likely N-dealkylation sites (N-methyl/N-ethyl adjacent to an activating group) is 1. The van der Waals surface area contributed by atoms with Gasteiger partial charge in [0.2, 0.25) is 5.91 Å². The van der Waals surface area contributed by atoms with Crippen LogP contribution in [0.25, 0.3) is 0 Å². The van der Waals surface area contributed by atoms with Crippen molar-refractivity contribution >= 4 is 11.6 Å². The van der Waals surface area contributed by atoms with Crippen molar-refractivity contribution in [3.63, 3.8) is 0 Å². The predicted octanol–water partition coefficient (Wildman–Crippen LogP) is 2.70. The minimum atomic E-state index is 0.116. The van der Waals surface area contributed by atoms with Gasteiger partial charge in [-0.3, -0.25) is 4.79 Å².